The van der Waals surface area contributed by atoms with Crippen molar-refractivity contribution in [3.63, 3.8) is 0 Å². The summed E-state index contributed by atoms with van der Waals surface area (Å²) in [4.78, 5) is 11.1. The van der Waals surface area contributed by atoms with Gasteiger partial charge in [-0.15, -0.1) is 0 Å². The summed E-state index contributed by atoms with van der Waals surface area (Å²) >= 11 is 0. The van der Waals surface area contributed by atoms with Gasteiger partial charge in [0.15, 0.2) is 0 Å². The molecule has 0 spiro atoms. The first-order valence-corrected chi connectivity index (χ1v) is 8.92. The van der Waals surface area contributed by atoms with Gasteiger partial charge in [-0.1, -0.05) is 37.8 Å². The molecule has 0 N–H and O–H groups in total. The van der Waals surface area contributed by atoms with Crippen LogP contribution in [0.1, 0.15) is 62.6 Å². The third-order valence-corrected chi connectivity index (χ3v) is 4.09. The van der Waals surface area contributed by atoms with Crippen LogP contribution in [0.5, 0.6) is 5.75 Å². The first kappa shape index (κ1) is 18.8. The minimum absolute atomic E-state index is 0.250. The number of hydrogen-bond acceptors (Lipinski definition) is 2. The van der Waals surface area contributed by atoms with Gasteiger partial charge < -0.3 is 9.53 Å². The van der Waals surface area contributed by atoms with Crippen molar-refractivity contribution >= 4 is 5.78 Å². The molecule has 0 heterocycles. The van der Waals surface area contributed by atoms with Crippen molar-refractivity contribution < 1.29 is 9.53 Å². The molecule has 0 aliphatic heterocycles. The van der Waals surface area contributed by atoms with Crippen LogP contribution in [0.4, 0.5) is 0 Å². The summed E-state index contributed by atoms with van der Waals surface area (Å²) in [6.45, 7) is 6.64. The van der Waals surface area contributed by atoms with Crippen molar-refractivity contribution in [2.45, 2.75) is 46.0 Å². The Kier molecular flexibility index (Phi) is 7.29. The Hall–Kier alpha value is -2.53. The van der Waals surface area contributed by atoms with Gasteiger partial charge in [-0.3, -0.25) is 0 Å². The highest BCUT2D eigenvalue weighted by Crippen LogP contribution is 2.21. The molecule has 2 aromatic carbocycles. The molecule has 0 saturated heterocycles. The lowest BCUT2D eigenvalue weighted by Crippen LogP contribution is -1.98. The zero-order chi connectivity index (χ0) is 18.1. The lowest BCUT2D eigenvalue weighted by atomic mass is 9.94. The lowest BCUT2D eigenvalue weighted by Gasteiger charge is -2.10. The molecule has 2 aromatic rings. The van der Waals surface area contributed by atoms with Gasteiger partial charge in [0.2, 0.25) is 0 Å². The zero-order valence-corrected chi connectivity index (χ0v) is 15.3. The van der Waals surface area contributed by atoms with E-state index in [2.05, 4.69) is 37.8 Å². The quantitative estimate of drug-likeness (QED) is 0.638. The van der Waals surface area contributed by atoms with Crippen LogP contribution in [0.3, 0.4) is 0 Å². The maximum absolute atomic E-state index is 11.1. The smallest absolute Gasteiger partial charge is 0.129 e. The van der Waals surface area contributed by atoms with Crippen LogP contribution in [0.2, 0.25) is 0 Å². The summed E-state index contributed by atoms with van der Waals surface area (Å²) in [6, 6.07) is 16.2. The van der Waals surface area contributed by atoms with Crippen molar-refractivity contribution in [1.82, 2.24) is 0 Å². The Bertz CT molecular complexity index is 730. The average Bonchev–Trinajstić information content (AvgIpc) is 2.64. The van der Waals surface area contributed by atoms with Gasteiger partial charge >= 0.3 is 0 Å². The van der Waals surface area contributed by atoms with Gasteiger partial charge in [-0.05, 0) is 67.6 Å². The predicted molar refractivity (Wildman–Crippen MR) is 103 cm³/mol. The fraction of sp³-hybridized carbons (Fsp3) is 0.348. The summed E-state index contributed by atoms with van der Waals surface area (Å²) in [5.74, 6) is 7.90. The number of rotatable bonds is 7. The highest BCUT2D eigenvalue weighted by atomic mass is 16.5. The molecular formula is C23H26O2. The second kappa shape index (κ2) is 9.69. The molecule has 0 aromatic heterocycles. The van der Waals surface area contributed by atoms with Gasteiger partial charge in [-0.2, -0.15) is 0 Å². The average molecular weight is 334 g/mol. The van der Waals surface area contributed by atoms with Crippen molar-refractivity contribution in [2.24, 2.45) is 0 Å². The number of Topliss-reactive ketones (excluding diaryl/α,β-unsaturated/α-hetero) is 1. The van der Waals surface area contributed by atoms with E-state index in [0.29, 0.717) is 12.3 Å². The number of carbonyl (C=O) groups excluding carboxylic acids is 1. The van der Waals surface area contributed by atoms with Crippen molar-refractivity contribution in [1.29, 1.82) is 0 Å². The topological polar surface area (TPSA) is 26.3 Å². The molecule has 0 radical (unpaired) electrons. The molecule has 1 atom stereocenters. The molecule has 0 aliphatic carbocycles. The Balaban J connectivity index is 1.97. The summed E-state index contributed by atoms with van der Waals surface area (Å²) in [5.41, 5.74) is 3.22. The number of hydrogen-bond donors (Lipinski definition) is 0. The van der Waals surface area contributed by atoms with Crippen molar-refractivity contribution in [3.8, 4) is 17.6 Å². The van der Waals surface area contributed by atoms with E-state index in [1.54, 1.807) is 6.92 Å². The van der Waals surface area contributed by atoms with Gasteiger partial charge in [-0.25, -0.2) is 0 Å². The Morgan fingerprint density at radius 2 is 1.56 bits per heavy atom. The second-order valence-corrected chi connectivity index (χ2v) is 6.39. The van der Waals surface area contributed by atoms with E-state index in [4.69, 9.17) is 4.74 Å². The number of ether oxygens (including phenoxy) is 1. The molecule has 2 rings (SSSR count). The second-order valence-electron chi connectivity index (χ2n) is 6.39. The molecular weight excluding hydrogens is 308 g/mol. The largest absolute Gasteiger partial charge is 0.494 e. The Morgan fingerprint density at radius 3 is 2.08 bits per heavy atom. The molecule has 0 aliphatic rings. The Morgan fingerprint density at radius 1 is 1.00 bits per heavy atom. The molecule has 1 unspecified atom stereocenters. The van der Waals surface area contributed by atoms with Crippen LogP contribution in [0.25, 0.3) is 0 Å². The van der Waals surface area contributed by atoms with E-state index in [-0.39, 0.29) is 5.78 Å². The molecule has 0 saturated carbocycles. The predicted octanol–water partition coefficient (Wildman–Crippen LogP) is 5.35. The van der Waals surface area contributed by atoms with E-state index in [1.165, 1.54) is 5.56 Å². The SMILES string of the molecule is CCCOc1ccc(C#Cc2ccc(C(C)CCC(C)=O)cc2)cc1. The van der Waals surface area contributed by atoms with Crippen molar-refractivity contribution in [2.75, 3.05) is 6.61 Å². The molecule has 0 amide bonds. The van der Waals surface area contributed by atoms with Gasteiger partial charge in [0.05, 0.1) is 6.61 Å². The maximum Gasteiger partial charge on any atom is 0.129 e. The van der Waals surface area contributed by atoms with Crippen molar-refractivity contribution in [3.05, 3.63) is 65.2 Å². The van der Waals surface area contributed by atoms with E-state index in [9.17, 15) is 4.79 Å². The minimum atomic E-state index is 0.250. The normalized spacial score (nSPS) is 11.3. The maximum atomic E-state index is 11.1. The molecule has 0 bridgehead atoms. The molecule has 0 fully saturated rings. The monoisotopic (exact) mass is 334 g/mol. The number of ketones is 1. The van der Waals surface area contributed by atoms with Crippen LogP contribution in [-0.4, -0.2) is 12.4 Å². The third kappa shape index (κ3) is 6.47. The first-order valence-electron chi connectivity index (χ1n) is 8.92. The van der Waals surface area contributed by atoms with E-state index < -0.39 is 0 Å². The zero-order valence-electron chi connectivity index (χ0n) is 15.3. The van der Waals surface area contributed by atoms with E-state index >= 15 is 0 Å². The van der Waals surface area contributed by atoms with Gasteiger partial charge in [0.25, 0.3) is 0 Å². The number of benzene rings is 2. The first-order chi connectivity index (χ1) is 12.1. The van der Waals surface area contributed by atoms with Gasteiger partial charge in [0, 0.05) is 17.5 Å². The number of carbonyl (C=O) groups is 1. The highest BCUT2D eigenvalue weighted by Gasteiger charge is 2.06. The van der Waals surface area contributed by atoms with E-state index in [0.717, 1.165) is 36.3 Å². The van der Waals surface area contributed by atoms with Crippen LogP contribution in [-0.2, 0) is 4.79 Å². The molecule has 2 nitrogen and oxygen atoms in total. The minimum Gasteiger partial charge on any atom is -0.494 e. The lowest BCUT2D eigenvalue weighted by molar-refractivity contribution is -0.117. The standard InChI is InChI=1S/C23H26O2/c1-4-17-25-23-15-11-21(12-16-23)8-7-20-9-13-22(14-10-20)18(2)5-6-19(3)24/h9-16,18H,4-6,17H2,1-3H3. The fourth-order valence-corrected chi connectivity index (χ4v) is 2.48. The highest BCUT2D eigenvalue weighted by molar-refractivity contribution is 5.75. The summed E-state index contributed by atoms with van der Waals surface area (Å²) in [6.07, 6.45) is 2.54. The molecule has 2 heteroatoms. The van der Waals surface area contributed by atoms with Crippen LogP contribution in [0.15, 0.2) is 48.5 Å². The molecule has 25 heavy (non-hydrogen) atoms. The van der Waals surface area contributed by atoms with E-state index in [1.807, 2.05) is 36.4 Å². The summed E-state index contributed by atoms with van der Waals surface area (Å²) in [5, 5.41) is 0. The van der Waals surface area contributed by atoms with Crippen LogP contribution >= 0.6 is 0 Å². The Labute approximate surface area is 151 Å². The summed E-state index contributed by atoms with van der Waals surface area (Å²) < 4.78 is 5.57. The third-order valence-electron chi connectivity index (χ3n) is 4.09. The van der Waals surface area contributed by atoms with Crippen LogP contribution in [0, 0.1) is 11.8 Å². The van der Waals surface area contributed by atoms with Crippen LogP contribution < -0.4 is 4.74 Å². The fourth-order valence-electron chi connectivity index (χ4n) is 2.48. The van der Waals surface area contributed by atoms with Gasteiger partial charge in [0.1, 0.15) is 11.5 Å². The molecule has 130 valence electrons. The summed E-state index contributed by atoms with van der Waals surface area (Å²) in [7, 11) is 0.